The van der Waals surface area contributed by atoms with Gasteiger partial charge in [-0.2, -0.15) is 0 Å². The fraction of sp³-hybridized carbons (Fsp3) is 0.312. The first kappa shape index (κ1) is 27.9. The van der Waals surface area contributed by atoms with Crippen LogP contribution in [0.25, 0.3) is 5.76 Å². The second kappa shape index (κ2) is 11.3. The molecule has 1 unspecified atom stereocenters. The lowest BCUT2D eigenvalue weighted by Crippen LogP contribution is -2.29. The Hall–Kier alpha value is -4.13. The van der Waals surface area contributed by atoms with Gasteiger partial charge < -0.3 is 19.5 Å². The maximum absolute atomic E-state index is 13.6. The molecule has 1 atom stereocenters. The summed E-state index contributed by atoms with van der Waals surface area (Å²) >= 11 is 0. The van der Waals surface area contributed by atoms with Crippen molar-refractivity contribution in [1.82, 2.24) is 4.90 Å². The van der Waals surface area contributed by atoms with Gasteiger partial charge in [0.1, 0.15) is 23.1 Å². The third-order valence-electron chi connectivity index (χ3n) is 6.72. The quantitative estimate of drug-likeness (QED) is 0.203. The molecule has 3 aromatic rings. The Labute approximate surface area is 228 Å². The van der Waals surface area contributed by atoms with Gasteiger partial charge in [0.2, 0.25) is 0 Å². The molecule has 0 aromatic heterocycles. The van der Waals surface area contributed by atoms with Gasteiger partial charge in [-0.3, -0.25) is 9.59 Å². The first-order valence-electron chi connectivity index (χ1n) is 13.1. The Morgan fingerprint density at radius 3 is 2.15 bits per heavy atom. The first-order valence-corrected chi connectivity index (χ1v) is 13.1. The van der Waals surface area contributed by atoms with Crippen molar-refractivity contribution in [2.24, 2.45) is 0 Å². The molecule has 1 aliphatic rings. The van der Waals surface area contributed by atoms with Crippen molar-refractivity contribution in [3.05, 3.63) is 100 Å². The highest BCUT2D eigenvalue weighted by Crippen LogP contribution is 2.42. The molecule has 1 N–H and O–H groups in total. The van der Waals surface area contributed by atoms with E-state index in [1.54, 1.807) is 30.3 Å². The van der Waals surface area contributed by atoms with Crippen LogP contribution in [0.3, 0.4) is 0 Å². The number of aliphatic hydroxyl groups excluding tert-OH is 1. The van der Waals surface area contributed by atoms with E-state index >= 15 is 0 Å². The molecule has 1 heterocycles. The van der Waals surface area contributed by atoms with Crippen LogP contribution < -0.4 is 9.47 Å². The SMILES string of the molecule is CCOc1ccc(/C(O)=C2/C(=O)C(=O)N(Cc3ccc(F)cc3)C2c2ccc(C(C)(C)C)cc2)c(OCC)c1. The molecule has 1 aliphatic heterocycles. The van der Waals surface area contributed by atoms with E-state index in [2.05, 4.69) is 20.8 Å². The van der Waals surface area contributed by atoms with Gasteiger partial charge in [-0.15, -0.1) is 0 Å². The van der Waals surface area contributed by atoms with Crippen molar-refractivity contribution in [1.29, 1.82) is 0 Å². The maximum Gasteiger partial charge on any atom is 0.295 e. The van der Waals surface area contributed by atoms with E-state index in [9.17, 15) is 19.1 Å². The average Bonchev–Trinajstić information content (AvgIpc) is 3.14. The van der Waals surface area contributed by atoms with Crippen LogP contribution in [0.2, 0.25) is 0 Å². The van der Waals surface area contributed by atoms with E-state index in [0.717, 1.165) is 5.56 Å². The molecule has 204 valence electrons. The summed E-state index contributed by atoms with van der Waals surface area (Å²) in [5.41, 5.74) is 2.59. The van der Waals surface area contributed by atoms with Crippen molar-refractivity contribution < 1.29 is 28.6 Å². The van der Waals surface area contributed by atoms with Crippen LogP contribution >= 0.6 is 0 Å². The van der Waals surface area contributed by atoms with Gasteiger partial charge in [-0.1, -0.05) is 57.2 Å². The number of rotatable bonds is 8. The number of nitrogens with zero attached hydrogens (tertiary/aromatic N) is 1. The van der Waals surface area contributed by atoms with Gasteiger partial charge in [0.25, 0.3) is 11.7 Å². The van der Waals surface area contributed by atoms with Gasteiger partial charge in [0.15, 0.2) is 0 Å². The van der Waals surface area contributed by atoms with Crippen LogP contribution in [0.1, 0.15) is 62.9 Å². The summed E-state index contributed by atoms with van der Waals surface area (Å²) in [6.45, 7) is 10.8. The number of hydrogen-bond acceptors (Lipinski definition) is 5. The molecule has 1 fully saturated rings. The maximum atomic E-state index is 13.6. The summed E-state index contributed by atoms with van der Waals surface area (Å²) in [4.78, 5) is 28.3. The molecule has 1 amide bonds. The van der Waals surface area contributed by atoms with Crippen LogP contribution in [-0.2, 0) is 21.5 Å². The summed E-state index contributed by atoms with van der Waals surface area (Å²) in [5, 5.41) is 11.6. The Morgan fingerprint density at radius 2 is 1.56 bits per heavy atom. The fourth-order valence-electron chi connectivity index (χ4n) is 4.72. The second-order valence-electron chi connectivity index (χ2n) is 10.4. The lowest BCUT2D eigenvalue weighted by atomic mass is 9.85. The lowest BCUT2D eigenvalue weighted by Gasteiger charge is -2.27. The van der Waals surface area contributed by atoms with Gasteiger partial charge >= 0.3 is 0 Å². The van der Waals surface area contributed by atoms with Crippen molar-refractivity contribution in [2.45, 2.75) is 52.6 Å². The normalized spacial score (nSPS) is 17.0. The van der Waals surface area contributed by atoms with Crippen LogP contribution in [-0.4, -0.2) is 34.9 Å². The van der Waals surface area contributed by atoms with E-state index in [1.807, 2.05) is 38.1 Å². The van der Waals surface area contributed by atoms with Crippen LogP contribution in [0.5, 0.6) is 11.5 Å². The fourth-order valence-corrected chi connectivity index (χ4v) is 4.72. The Bertz CT molecular complexity index is 1390. The smallest absolute Gasteiger partial charge is 0.295 e. The van der Waals surface area contributed by atoms with E-state index in [4.69, 9.17) is 9.47 Å². The summed E-state index contributed by atoms with van der Waals surface area (Å²) < 4.78 is 24.9. The number of amides is 1. The van der Waals surface area contributed by atoms with Gasteiger partial charge in [-0.05, 0) is 60.2 Å². The standard InChI is InChI=1S/C32H34FNO5/c1-6-38-24-16-17-25(26(18-24)39-7-2)29(35)27-28(21-10-12-22(13-11-21)32(3,4)5)34(31(37)30(27)36)19-20-8-14-23(33)15-9-20/h8-18,28,35H,6-7,19H2,1-5H3/b29-27-. The number of likely N-dealkylation sites (tertiary alicyclic amines) is 1. The highest BCUT2D eigenvalue weighted by atomic mass is 19.1. The van der Waals surface area contributed by atoms with Gasteiger partial charge in [-0.25, -0.2) is 4.39 Å². The molecule has 6 nitrogen and oxygen atoms in total. The van der Waals surface area contributed by atoms with E-state index in [0.29, 0.717) is 35.8 Å². The van der Waals surface area contributed by atoms with Crippen molar-refractivity contribution in [3.8, 4) is 11.5 Å². The largest absolute Gasteiger partial charge is 0.507 e. The summed E-state index contributed by atoms with van der Waals surface area (Å²) in [6.07, 6.45) is 0. The van der Waals surface area contributed by atoms with Gasteiger partial charge in [0, 0.05) is 12.6 Å². The minimum Gasteiger partial charge on any atom is -0.507 e. The molecule has 3 aromatic carbocycles. The number of ether oxygens (including phenoxy) is 2. The highest BCUT2D eigenvalue weighted by Gasteiger charge is 2.46. The molecule has 0 saturated carbocycles. The molecular formula is C32H34FNO5. The van der Waals surface area contributed by atoms with Crippen molar-refractivity contribution >= 4 is 17.4 Å². The number of carbonyl (C=O) groups excluding carboxylic acids is 2. The molecule has 0 spiro atoms. The predicted molar refractivity (Wildman–Crippen MR) is 148 cm³/mol. The zero-order valence-electron chi connectivity index (χ0n) is 23.0. The lowest BCUT2D eigenvalue weighted by molar-refractivity contribution is -0.140. The molecule has 39 heavy (non-hydrogen) atoms. The van der Waals surface area contributed by atoms with Crippen molar-refractivity contribution in [3.63, 3.8) is 0 Å². The number of Topliss-reactive ketones (excluding diaryl/α,β-unsaturated/α-hetero) is 1. The third-order valence-corrected chi connectivity index (χ3v) is 6.72. The molecule has 4 rings (SSSR count). The number of benzene rings is 3. The van der Waals surface area contributed by atoms with Gasteiger partial charge in [0.05, 0.1) is 30.4 Å². The number of carbonyl (C=O) groups is 2. The average molecular weight is 532 g/mol. The highest BCUT2D eigenvalue weighted by molar-refractivity contribution is 6.46. The molecule has 0 aliphatic carbocycles. The second-order valence-corrected chi connectivity index (χ2v) is 10.4. The van der Waals surface area contributed by atoms with E-state index in [1.165, 1.54) is 17.0 Å². The number of ketones is 1. The number of aliphatic hydroxyl groups is 1. The molecule has 0 radical (unpaired) electrons. The number of halogens is 1. The summed E-state index contributed by atoms with van der Waals surface area (Å²) in [6, 6.07) is 17.6. The Morgan fingerprint density at radius 1 is 0.923 bits per heavy atom. The minimum atomic E-state index is -0.856. The predicted octanol–water partition coefficient (Wildman–Crippen LogP) is 6.54. The molecule has 0 bridgehead atoms. The van der Waals surface area contributed by atoms with Crippen molar-refractivity contribution in [2.75, 3.05) is 13.2 Å². The monoisotopic (exact) mass is 531 g/mol. The third kappa shape index (κ3) is 5.82. The Balaban J connectivity index is 1.88. The molecule has 1 saturated heterocycles. The van der Waals surface area contributed by atoms with Crippen LogP contribution in [0, 0.1) is 5.82 Å². The Kier molecular flexibility index (Phi) is 8.09. The van der Waals surface area contributed by atoms with Crippen LogP contribution in [0.4, 0.5) is 4.39 Å². The topological polar surface area (TPSA) is 76.1 Å². The summed E-state index contributed by atoms with van der Waals surface area (Å²) in [5.74, 6) is -1.36. The minimum absolute atomic E-state index is 0.0317. The summed E-state index contributed by atoms with van der Waals surface area (Å²) in [7, 11) is 0. The molecule has 7 heteroatoms. The van der Waals surface area contributed by atoms with Crippen LogP contribution in [0.15, 0.2) is 72.3 Å². The zero-order chi connectivity index (χ0) is 28.3. The molecular weight excluding hydrogens is 497 g/mol. The zero-order valence-corrected chi connectivity index (χ0v) is 23.0. The number of hydrogen-bond donors (Lipinski definition) is 1. The van der Waals surface area contributed by atoms with E-state index < -0.39 is 23.5 Å². The first-order chi connectivity index (χ1) is 18.5. The van der Waals surface area contributed by atoms with E-state index in [-0.39, 0.29) is 28.9 Å².